The van der Waals surface area contributed by atoms with Crippen LogP contribution in [-0.4, -0.2) is 10.9 Å². The highest BCUT2D eigenvalue weighted by molar-refractivity contribution is 5.98. The Kier molecular flexibility index (Phi) is 4.85. The summed E-state index contributed by atoms with van der Waals surface area (Å²) in [4.78, 5) is 12.5. The molecule has 0 aliphatic carbocycles. The number of carbonyl (C=O) groups excluding carboxylic acids is 1. The van der Waals surface area contributed by atoms with Crippen LogP contribution >= 0.6 is 0 Å². The van der Waals surface area contributed by atoms with Gasteiger partial charge in [0.15, 0.2) is 5.78 Å². The number of benzene rings is 2. The van der Waals surface area contributed by atoms with Crippen molar-refractivity contribution in [2.45, 2.75) is 12.5 Å². The maximum Gasteiger partial charge on any atom is 0.169 e. The van der Waals surface area contributed by atoms with E-state index in [1.807, 2.05) is 48.5 Å². The third-order valence-corrected chi connectivity index (χ3v) is 3.34. The van der Waals surface area contributed by atoms with Crippen LogP contribution < -0.4 is 0 Å². The zero-order chi connectivity index (χ0) is 14.4. The Hall–Kier alpha value is -2.19. The fourth-order valence-electron chi connectivity index (χ4n) is 2.26. The number of aliphatic hydroxyl groups is 1. The molecule has 20 heavy (non-hydrogen) atoms. The molecule has 2 aromatic rings. The summed E-state index contributed by atoms with van der Waals surface area (Å²) in [5.41, 5.74) is 1.37. The number of hydrogen-bond donors (Lipinski definition) is 1. The summed E-state index contributed by atoms with van der Waals surface area (Å²) in [6, 6.07) is 18.3. The van der Waals surface area contributed by atoms with Crippen molar-refractivity contribution in [1.29, 1.82) is 0 Å². The van der Waals surface area contributed by atoms with E-state index in [4.69, 9.17) is 0 Å². The molecule has 0 aromatic heterocycles. The predicted molar refractivity (Wildman–Crippen MR) is 80.5 cm³/mol. The molecule has 0 aliphatic heterocycles. The fraction of sp³-hybridized carbons (Fsp3) is 0.167. The fourth-order valence-corrected chi connectivity index (χ4v) is 2.26. The number of hydrogen-bond acceptors (Lipinski definition) is 2. The number of carbonyl (C=O) groups is 1. The molecule has 0 amide bonds. The van der Waals surface area contributed by atoms with Gasteiger partial charge in [-0.2, -0.15) is 0 Å². The molecule has 0 saturated heterocycles. The van der Waals surface area contributed by atoms with Crippen LogP contribution in [0.3, 0.4) is 0 Å². The van der Waals surface area contributed by atoms with Crippen molar-refractivity contribution in [1.82, 2.24) is 0 Å². The van der Waals surface area contributed by atoms with Crippen LogP contribution in [0.15, 0.2) is 73.3 Å². The lowest BCUT2D eigenvalue weighted by Gasteiger charge is -2.21. The number of rotatable bonds is 6. The zero-order valence-electron chi connectivity index (χ0n) is 11.3. The predicted octanol–water partition coefficient (Wildman–Crippen LogP) is 3.80. The number of Topliss-reactive ketones (excluding diaryl/α,β-unsaturated/α-hetero) is 1. The van der Waals surface area contributed by atoms with Gasteiger partial charge >= 0.3 is 0 Å². The average molecular weight is 266 g/mol. The molecule has 2 nitrogen and oxygen atoms in total. The number of aliphatic hydroxyl groups excluding tert-OH is 1. The van der Waals surface area contributed by atoms with Gasteiger partial charge in [-0.3, -0.25) is 4.79 Å². The molecule has 0 heterocycles. The molecular formula is C18H18O2. The summed E-state index contributed by atoms with van der Waals surface area (Å²) in [5.74, 6) is -0.556. The van der Waals surface area contributed by atoms with Crippen molar-refractivity contribution in [2.24, 2.45) is 5.92 Å². The Morgan fingerprint density at radius 1 is 1.05 bits per heavy atom. The molecule has 102 valence electrons. The highest BCUT2D eigenvalue weighted by Gasteiger charge is 2.27. The minimum absolute atomic E-state index is 0.0538. The number of allylic oxidation sites excluding steroid dienone is 1. The van der Waals surface area contributed by atoms with E-state index < -0.39 is 12.0 Å². The lowest BCUT2D eigenvalue weighted by atomic mass is 9.86. The molecule has 0 saturated carbocycles. The summed E-state index contributed by atoms with van der Waals surface area (Å²) in [7, 11) is 0. The second-order valence-corrected chi connectivity index (χ2v) is 4.72. The first-order chi connectivity index (χ1) is 9.74. The molecular weight excluding hydrogens is 248 g/mol. The van der Waals surface area contributed by atoms with E-state index in [9.17, 15) is 9.90 Å². The quantitative estimate of drug-likeness (QED) is 0.638. The van der Waals surface area contributed by atoms with Crippen LogP contribution in [0.5, 0.6) is 0 Å². The van der Waals surface area contributed by atoms with E-state index in [-0.39, 0.29) is 5.78 Å². The Labute approximate surface area is 119 Å². The molecule has 2 unspecified atom stereocenters. The topological polar surface area (TPSA) is 37.3 Å². The maximum absolute atomic E-state index is 12.5. The van der Waals surface area contributed by atoms with Gasteiger partial charge < -0.3 is 5.11 Å². The van der Waals surface area contributed by atoms with E-state index in [1.165, 1.54) is 0 Å². The summed E-state index contributed by atoms with van der Waals surface area (Å²) in [6.45, 7) is 3.69. The maximum atomic E-state index is 12.5. The molecule has 2 heteroatoms. The number of ketones is 1. The van der Waals surface area contributed by atoms with E-state index in [0.717, 1.165) is 5.56 Å². The molecule has 2 rings (SSSR count). The van der Waals surface area contributed by atoms with Gasteiger partial charge in [0, 0.05) is 5.56 Å². The first kappa shape index (κ1) is 14.2. The van der Waals surface area contributed by atoms with Crippen molar-refractivity contribution in [3.63, 3.8) is 0 Å². The van der Waals surface area contributed by atoms with Crippen LogP contribution in [0.1, 0.15) is 28.4 Å². The van der Waals surface area contributed by atoms with Gasteiger partial charge in [-0.25, -0.2) is 0 Å². The molecule has 0 fully saturated rings. The van der Waals surface area contributed by atoms with Crippen molar-refractivity contribution in [2.75, 3.05) is 0 Å². The Balaban J connectivity index is 2.27. The van der Waals surface area contributed by atoms with Gasteiger partial charge in [-0.05, 0) is 12.0 Å². The first-order valence-corrected chi connectivity index (χ1v) is 6.67. The molecule has 1 N–H and O–H groups in total. The van der Waals surface area contributed by atoms with Gasteiger partial charge in [0.2, 0.25) is 0 Å². The SMILES string of the molecule is C=CCC(C(=O)c1ccccc1)C(O)c1ccccc1. The second kappa shape index (κ2) is 6.83. The van der Waals surface area contributed by atoms with Gasteiger partial charge in [0.1, 0.15) is 0 Å². The van der Waals surface area contributed by atoms with Gasteiger partial charge in [0.05, 0.1) is 12.0 Å². The Bertz CT molecular complexity index is 560. The van der Waals surface area contributed by atoms with Gasteiger partial charge in [-0.15, -0.1) is 6.58 Å². The van der Waals surface area contributed by atoms with E-state index in [2.05, 4.69) is 6.58 Å². The molecule has 0 radical (unpaired) electrons. The second-order valence-electron chi connectivity index (χ2n) is 4.72. The van der Waals surface area contributed by atoms with Gasteiger partial charge in [0.25, 0.3) is 0 Å². The smallest absolute Gasteiger partial charge is 0.169 e. The molecule has 0 bridgehead atoms. The monoisotopic (exact) mass is 266 g/mol. The van der Waals surface area contributed by atoms with Crippen LogP contribution in [0.2, 0.25) is 0 Å². The van der Waals surface area contributed by atoms with Crippen LogP contribution in [0.4, 0.5) is 0 Å². The van der Waals surface area contributed by atoms with E-state index >= 15 is 0 Å². The van der Waals surface area contributed by atoms with E-state index in [0.29, 0.717) is 12.0 Å². The molecule has 2 aromatic carbocycles. The van der Waals surface area contributed by atoms with Gasteiger partial charge in [-0.1, -0.05) is 66.7 Å². The lowest BCUT2D eigenvalue weighted by molar-refractivity contribution is 0.0682. The van der Waals surface area contributed by atoms with Crippen molar-refractivity contribution >= 4 is 5.78 Å². The van der Waals surface area contributed by atoms with Crippen molar-refractivity contribution in [3.05, 3.63) is 84.4 Å². The highest BCUT2D eigenvalue weighted by atomic mass is 16.3. The summed E-state index contributed by atoms with van der Waals surface area (Å²) in [6.07, 6.45) is 1.31. The molecule has 2 atom stereocenters. The van der Waals surface area contributed by atoms with E-state index in [1.54, 1.807) is 18.2 Å². The Morgan fingerprint density at radius 2 is 1.60 bits per heavy atom. The van der Waals surface area contributed by atoms with Crippen molar-refractivity contribution < 1.29 is 9.90 Å². The van der Waals surface area contributed by atoms with Crippen molar-refractivity contribution in [3.8, 4) is 0 Å². The first-order valence-electron chi connectivity index (χ1n) is 6.67. The summed E-state index contributed by atoms with van der Waals surface area (Å²) >= 11 is 0. The van der Waals surface area contributed by atoms with Crippen LogP contribution in [0.25, 0.3) is 0 Å². The lowest BCUT2D eigenvalue weighted by Crippen LogP contribution is -2.22. The normalized spacial score (nSPS) is 13.4. The zero-order valence-corrected chi connectivity index (χ0v) is 11.3. The average Bonchev–Trinajstić information content (AvgIpc) is 2.53. The minimum atomic E-state index is -0.818. The van der Waals surface area contributed by atoms with Crippen LogP contribution in [0, 0.1) is 5.92 Å². The third-order valence-electron chi connectivity index (χ3n) is 3.34. The van der Waals surface area contributed by atoms with Crippen LogP contribution in [-0.2, 0) is 0 Å². The minimum Gasteiger partial charge on any atom is -0.388 e. The molecule has 0 aliphatic rings. The summed E-state index contributed by atoms with van der Waals surface area (Å²) in [5, 5.41) is 10.5. The Morgan fingerprint density at radius 3 is 2.15 bits per heavy atom. The standard InChI is InChI=1S/C18H18O2/c1-2-9-16(17(19)14-10-5-3-6-11-14)18(20)15-12-7-4-8-13-15/h2-8,10-13,16-17,19H,1,9H2. The molecule has 0 spiro atoms. The highest BCUT2D eigenvalue weighted by Crippen LogP contribution is 2.28. The summed E-state index contributed by atoms with van der Waals surface area (Å²) < 4.78 is 0. The largest absolute Gasteiger partial charge is 0.388 e. The third kappa shape index (κ3) is 3.22.